The largest absolute Gasteiger partial charge is 0.399 e. The zero-order valence-corrected chi connectivity index (χ0v) is 7.80. The van der Waals surface area contributed by atoms with E-state index in [0.717, 1.165) is 11.4 Å². The van der Waals surface area contributed by atoms with Gasteiger partial charge in [0.1, 0.15) is 0 Å². The molecule has 0 unspecified atom stereocenters. The van der Waals surface area contributed by atoms with Crippen molar-refractivity contribution in [1.82, 2.24) is 0 Å². The first-order chi connectivity index (χ1) is 6.84. The number of nitrogen functional groups attached to an aromatic ring is 1. The highest BCUT2D eigenvalue weighted by atomic mass is 14.7. The minimum absolute atomic E-state index is 0.340. The highest BCUT2D eigenvalue weighted by Gasteiger charge is 1.98. The minimum Gasteiger partial charge on any atom is -0.399 e. The molecule has 0 atom stereocenters. The van der Waals surface area contributed by atoms with Crippen LogP contribution in [0, 0.1) is 5.92 Å². The molecule has 70 valence electrons. The lowest BCUT2D eigenvalue weighted by Gasteiger charge is -1.96. The molecule has 0 spiro atoms. The lowest BCUT2D eigenvalue weighted by molar-refractivity contribution is 1.19. The summed E-state index contributed by atoms with van der Waals surface area (Å²) in [6.45, 7) is 0. The van der Waals surface area contributed by atoms with Crippen LogP contribution in [0.1, 0.15) is 0 Å². The van der Waals surface area contributed by atoms with E-state index in [9.17, 15) is 0 Å². The Bertz CT molecular complexity index is 373. The maximum absolute atomic E-state index is 5.57. The quantitative estimate of drug-likeness (QED) is 0.557. The van der Waals surface area contributed by atoms with E-state index in [-0.39, 0.29) is 0 Å². The molecular weight excluding hydrogens is 172 g/mol. The van der Waals surface area contributed by atoms with E-state index in [1.807, 2.05) is 42.6 Å². The highest BCUT2D eigenvalue weighted by molar-refractivity contribution is 5.71. The number of aliphatic imine (C=N–C) groups is 1. The fraction of sp³-hybridized carbons (Fsp3) is 0.0833. The number of benzene rings is 1. The Morgan fingerprint density at radius 3 is 2.36 bits per heavy atom. The van der Waals surface area contributed by atoms with Crippen LogP contribution < -0.4 is 5.73 Å². The first kappa shape index (κ1) is 8.75. The minimum atomic E-state index is 0.340. The van der Waals surface area contributed by atoms with E-state index in [1.54, 1.807) is 0 Å². The van der Waals surface area contributed by atoms with E-state index >= 15 is 0 Å². The molecule has 0 radical (unpaired) electrons. The molecular formula is C12H12N2. The van der Waals surface area contributed by atoms with E-state index in [4.69, 9.17) is 5.73 Å². The smallest absolute Gasteiger partial charge is 0.0627 e. The predicted molar refractivity (Wildman–Crippen MR) is 60.8 cm³/mol. The molecule has 0 amide bonds. The van der Waals surface area contributed by atoms with Crippen molar-refractivity contribution >= 4 is 17.6 Å². The molecule has 0 fully saturated rings. The van der Waals surface area contributed by atoms with Crippen molar-refractivity contribution in [3.05, 3.63) is 48.6 Å². The van der Waals surface area contributed by atoms with Gasteiger partial charge >= 0.3 is 0 Å². The Hall–Kier alpha value is -1.83. The van der Waals surface area contributed by atoms with Crippen LogP contribution in [-0.2, 0) is 0 Å². The van der Waals surface area contributed by atoms with E-state index in [2.05, 4.69) is 17.1 Å². The third-order valence-corrected chi connectivity index (χ3v) is 2.07. The molecule has 2 N–H and O–H groups in total. The maximum atomic E-state index is 5.57. The second kappa shape index (κ2) is 3.92. The summed E-state index contributed by atoms with van der Waals surface area (Å²) in [6, 6.07) is 7.53. The number of hydrogen-bond donors (Lipinski definition) is 1. The number of nitrogens with two attached hydrogens (primary N) is 1. The molecule has 1 aliphatic rings. The van der Waals surface area contributed by atoms with Gasteiger partial charge in [0.15, 0.2) is 0 Å². The van der Waals surface area contributed by atoms with Gasteiger partial charge in [-0.15, -0.1) is 0 Å². The summed E-state index contributed by atoms with van der Waals surface area (Å²) < 4.78 is 0. The Labute approximate surface area is 83.5 Å². The molecule has 0 heterocycles. The summed E-state index contributed by atoms with van der Waals surface area (Å²) in [7, 11) is 0. The third-order valence-electron chi connectivity index (χ3n) is 2.07. The molecule has 0 aliphatic heterocycles. The molecule has 1 aromatic carbocycles. The van der Waals surface area contributed by atoms with E-state index < -0.39 is 0 Å². The SMILES string of the molecule is Nc1ccc(N=CC2C=CC=C2)cc1. The van der Waals surface area contributed by atoms with Gasteiger partial charge in [0.2, 0.25) is 0 Å². The van der Waals surface area contributed by atoms with Crippen LogP contribution >= 0.6 is 0 Å². The molecule has 1 aliphatic carbocycles. The normalized spacial score (nSPS) is 15.7. The summed E-state index contributed by atoms with van der Waals surface area (Å²) in [5.74, 6) is 0.340. The van der Waals surface area contributed by atoms with Crippen LogP contribution in [-0.4, -0.2) is 6.21 Å². The molecule has 0 saturated carbocycles. The van der Waals surface area contributed by atoms with Gasteiger partial charge in [-0.3, -0.25) is 4.99 Å². The number of hydrogen-bond acceptors (Lipinski definition) is 2. The Morgan fingerprint density at radius 1 is 1.07 bits per heavy atom. The average molecular weight is 184 g/mol. The molecule has 1 aromatic rings. The number of rotatable bonds is 2. The van der Waals surface area contributed by atoms with Gasteiger partial charge in [-0.05, 0) is 24.3 Å². The van der Waals surface area contributed by atoms with Crippen molar-refractivity contribution in [2.45, 2.75) is 0 Å². The topological polar surface area (TPSA) is 38.4 Å². The zero-order chi connectivity index (χ0) is 9.80. The highest BCUT2D eigenvalue weighted by Crippen LogP contribution is 2.15. The van der Waals surface area contributed by atoms with Gasteiger partial charge in [0.05, 0.1) is 5.69 Å². The van der Waals surface area contributed by atoms with Gasteiger partial charge in [-0.2, -0.15) is 0 Å². The van der Waals surface area contributed by atoms with Crippen LogP contribution in [0.15, 0.2) is 53.6 Å². The summed E-state index contributed by atoms with van der Waals surface area (Å²) >= 11 is 0. The van der Waals surface area contributed by atoms with Gasteiger partial charge in [0, 0.05) is 17.8 Å². The standard InChI is InChI=1S/C12H12N2/c13-11-5-7-12(8-6-11)14-9-10-3-1-2-4-10/h1-10H,13H2. The van der Waals surface area contributed by atoms with Gasteiger partial charge in [-0.1, -0.05) is 24.3 Å². The van der Waals surface area contributed by atoms with Crippen LogP contribution in [0.4, 0.5) is 11.4 Å². The summed E-state index contributed by atoms with van der Waals surface area (Å²) in [5, 5.41) is 0. The number of anilines is 1. The van der Waals surface area contributed by atoms with Crippen LogP contribution in [0.2, 0.25) is 0 Å². The third kappa shape index (κ3) is 2.10. The van der Waals surface area contributed by atoms with Crippen molar-refractivity contribution in [2.75, 3.05) is 5.73 Å². The van der Waals surface area contributed by atoms with Gasteiger partial charge in [0.25, 0.3) is 0 Å². The van der Waals surface area contributed by atoms with Crippen molar-refractivity contribution in [1.29, 1.82) is 0 Å². The zero-order valence-electron chi connectivity index (χ0n) is 7.80. The lowest BCUT2D eigenvalue weighted by atomic mass is 10.2. The van der Waals surface area contributed by atoms with Crippen molar-refractivity contribution < 1.29 is 0 Å². The second-order valence-electron chi connectivity index (χ2n) is 3.22. The van der Waals surface area contributed by atoms with Gasteiger partial charge in [-0.25, -0.2) is 0 Å². The molecule has 0 saturated heterocycles. The molecule has 2 rings (SSSR count). The summed E-state index contributed by atoms with van der Waals surface area (Å²) in [5.41, 5.74) is 7.28. The Balaban J connectivity index is 2.06. The monoisotopic (exact) mass is 184 g/mol. The van der Waals surface area contributed by atoms with Crippen LogP contribution in [0.3, 0.4) is 0 Å². The summed E-state index contributed by atoms with van der Waals surface area (Å²) in [4.78, 5) is 4.35. The Kier molecular flexibility index (Phi) is 2.45. The lowest BCUT2D eigenvalue weighted by Crippen LogP contribution is -1.88. The molecule has 0 bridgehead atoms. The van der Waals surface area contributed by atoms with Crippen molar-refractivity contribution in [2.24, 2.45) is 10.9 Å². The molecule has 0 aromatic heterocycles. The van der Waals surface area contributed by atoms with Gasteiger partial charge < -0.3 is 5.73 Å². The first-order valence-corrected chi connectivity index (χ1v) is 4.59. The Morgan fingerprint density at radius 2 is 1.71 bits per heavy atom. The fourth-order valence-corrected chi connectivity index (χ4v) is 1.28. The average Bonchev–Trinajstić information content (AvgIpc) is 2.70. The molecule has 14 heavy (non-hydrogen) atoms. The fourth-order valence-electron chi connectivity index (χ4n) is 1.28. The molecule has 2 heteroatoms. The summed E-state index contributed by atoms with van der Waals surface area (Å²) in [6.07, 6.45) is 10.2. The second-order valence-corrected chi connectivity index (χ2v) is 3.22. The van der Waals surface area contributed by atoms with Crippen molar-refractivity contribution in [3.63, 3.8) is 0 Å². The van der Waals surface area contributed by atoms with Crippen LogP contribution in [0.25, 0.3) is 0 Å². The van der Waals surface area contributed by atoms with Crippen LogP contribution in [0.5, 0.6) is 0 Å². The molecule has 2 nitrogen and oxygen atoms in total. The van der Waals surface area contributed by atoms with E-state index in [0.29, 0.717) is 5.92 Å². The maximum Gasteiger partial charge on any atom is 0.0627 e. The van der Waals surface area contributed by atoms with Crippen molar-refractivity contribution in [3.8, 4) is 0 Å². The van der Waals surface area contributed by atoms with E-state index in [1.165, 1.54) is 0 Å². The predicted octanol–water partition coefficient (Wildman–Crippen LogP) is 2.71. The number of nitrogens with zero attached hydrogens (tertiary/aromatic N) is 1. The number of allylic oxidation sites excluding steroid dienone is 4. The first-order valence-electron chi connectivity index (χ1n) is 4.59.